The summed E-state index contributed by atoms with van der Waals surface area (Å²) in [4.78, 5) is 35.7. The molecule has 0 radical (unpaired) electrons. The summed E-state index contributed by atoms with van der Waals surface area (Å²) in [5.41, 5.74) is 1.80. The predicted octanol–water partition coefficient (Wildman–Crippen LogP) is 1.30. The van der Waals surface area contributed by atoms with E-state index in [1.54, 1.807) is 16.5 Å². The first-order chi connectivity index (χ1) is 13.1. The van der Waals surface area contributed by atoms with Crippen LogP contribution >= 0.6 is 11.5 Å². The van der Waals surface area contributed by atoms with Crippen LogP contribution in [0.4, 0.5) is 0 Å². The number of nitrogens with zero attached hydrogens (tertiary/aromatic N) is 6. The number of hydrogen-bond acceptors (Lipinski definition) is 7. The molecule has 1 unspecified atom stereocenters. The first-order valence-electron chi connectivity index (χ1n) is 9.15. The van der Waals surface area contributed by atoms with Gasteiger partial charge in [-0.3, -0.25) is 14.6 Å². The van der Waals surface area contributed by atoms with E-state index in [4.69, 9.17) is 0 Å². The Morgan fingerprint density at radius 1 is 1.11 bits per heavy atom. The molecule has 4 rings (SSSR count). The number of piperazine rings is 1. The summed E-state index contributed by atoms with van der Waals surface area (Å²) in [6, 6.07) is 3.62. The molecular formula is C18H22N6O2S. The van der Waals surface area contributed by atoms with Crippen LogP contribution in [0.2, 0.25) is 0 Å². The zero-order valence-electron chi connectivity index (χ0n) is 15.2. The van der Waals surface area contributed by atoms with Crippen LogP contribution in [0.15, 0.2) is 23.7 Å². The molecule has 27 heavy (non-hydrogen) atoms. The second-order valence-corrected chi connectivity index (χ2v) is 7.62. The van der Waals surface area contributed by atoms with E-state index in [0.717, 1.165) is 44.7 Å². The number of carbonyl (C=O) groups excluding carboxylic acids is 2. The van der Waals surface area contributed by atoms with Gasteiger partial charge in [0.05, 0.1) is 17.3 Å². The largest absolute Gasteiger partial charge is 0.336 e. The lowest BCUT2D eigenvalue weighted by molar-refractivity contribution is 0.0661. The molecule has 2 saturated heterocycles. The van der Waals surface area contributed by atoms with E-state index in [1.165, 1.54) is 11.5 Å². The second-order valence-electron chi connectivity index (χ2n) is 7.01. The maximum Gasteiger partial charge on any atom is 0.275 e. The van der Waals surface area contributed by atoms with Crippen LogP contribution in [-0.2, 0) is 0 Å². The number of hydrogen-bond donors (Lipinski definition) is 0. The molecule has 0 spiro atoms. The number of likely N-dealkylation sites (N-methyl/N-ethyl adjacent to an activating group) is 1. The van der Waals surface area contributed by atoms with Gasteiger partial charge < -0.3 is 14.7 Å². The molecule has 2 aromatic heterocycles. The third-order valence-electron chi connectivity index (χ3n) is 5.26. The lowest BCUT2D eigenvalue weighted by Gasteiger charge is -2.32. The molecule has 2 amide bonds. The molecule has 0 bridgehead atoms. The molecule has 4 heterocycles. The molecule has 0 aromatic carbocycles. The van der Waals surface area contributed by atoms with Crippen molar-refractivity contribution in [2.45, 2.75) is 18.9 Å². The average Bonchev–Trinajstić information content (AvgIpc) is 3.40. The molecule has 0 aliphatic carbocycles. The third-order valence-corrected chi connectivity index (χ3v) is 5.76. The number of rotatable bonds is 3. The van der Waals surface area contributed by atoms with E-state index in [0.29, 0.717) is 17.8 Å². The Morgan fingerprint density at radius 2 is 1.93 bits per heavy atom. The van der Waals surface area contributed by atoms with Gasteiger partial charge in [-0.05, 0) is 43.6 Å². The summed E-state index contributed by atoms with van der Waals surface area (Å²) in [6.07, 6.45) is 3.43. The van der Waals surface area contributed by atoms with Crippen molar-refractivity contribution in [3.63, 3.8) is 0 Å². The average molecular weight is 386 g/mol. The fraction of sp³-hybridized carbons (Fsp3) is 0.500. The fourth-order valence-electron chi connectivity index (χ4n) is 3.64. The molecule has 8 nitrogen and oxygen atoms in total. The van der Waals surface area contributed by atoms with Crippen molar-refractivity contribution in [3.05, 3.63) is 40.7 Å². The van der Waals surface area contributed by atoms with Crippen LogP contribution < -0.4 is 0 Å². The Morgan fingerprint density at radius 3 is 2.59 bits per heavy atom. The highest BCUT2D eigenvalue weighted by atomic mass is 32.1. The molecule has 0 saturated carbocycles. The monoisotopic (exact) mass is 386 g/mol. The molecule has 142 valence electrons. The van der Waals surface area contributed by atoms with Gasteiger partial charge in [-0.15, -0.1) is 5.10 Å². The minimum absolute atomic E-state index is 0.0232. The minimum Gasteiger partial charge on any atom is -0.336 e. The van der Waals surface area contributed by atoms with Gasteiger partial charge in [0.15, 0.2) is 5.69 Å². The summed E-state index contributed by atoms with van der Waals surface area (Å²) in [5.74, 6) is -0.0827. The molecular weight excluding hydrogens is 364 g/mol. The van der Waals surface area contributed by atoms with Gasteiger partial charge in [-0.2, -0.15) is 0 Å². The summed E-state index contributed by atoms with van der Waals surface area (Å²) in [6.45, 7) is 3.95. The Balaban J connectivity index is 1.46. The highest BCUT2D eigenvalue weighted by Gasteiger charge is 2.32. The number of amides is 2. The van der Waals surface area contributed by atoms with E-state index in [1.807, 2.05) is 17.0 Å². The smallest absolute Gasteiger partial charge is 0.275 e. The number of likely N-dealkylation sites (tertiary alicyclic amines) is 1. The van der Waals surface area contributed by atoms with E-state index < -0.39 is 0 Å². The van der Waals surface area contributed by atoms with Gasteiger partial charge in [0.1, 0.15) is 0 Å². The maximum atomic E-state index is 12.7. The van der Waals surface area contributed by atoms with Crippen molar-refractivity contribution in [1.29, 1.82) is 0 Å². The van der Waals surface area contributed by atoms with Gasteiger partial charge in [0, 0.05) is 44.3 Å². The fourth-order valence-corrected chi connectivity index (χ4v) is 4.07. The highest BCUT2D eigenvalue weighted by molar-refractivity contribution is 7.03. The van der Waals surface area contributed by atoms with Crippen molar-refractivity contribution in [2.75, 3.05) is 39.8 Å². The Labute approximate surface area is 162 Å². The lowest BCUT2D eigenvalue weighted by atomic mass is 10.1. The van der Waals surface area contributed by atoms with E-state index in [-0.39, 0.29) is 17.9 Å². The summed E-state index contributed by atoms with van der Waals surface area (Å²) in [7, 11) is 2.06. The Kier molecular flexibility index (Phi) is 5.13. The molecule has 0 N–H and O–H groups in total. The predicted molar refractivity (Wildman–Crippen MR) is 101 cm³/mol. The van der Waals surface area contributed by atoms with Crippen LogP contribution in [0.25, 0.3) is 0 Å². The van der Waals surface area contributed by atoms with Crippen LogP contribution in [0.1, 0.15) is 45.4 Å². The summed E-state index contributed by atoms with van der Waals surface area (Å²) >= 11 is 1.17. The first kappa shape index (κ1) is 18.0. The van der Waals surface area contributed by atoms with E-state index in [9.17, 15) is 9.59 Å². The van der Waals surface area contributed by atoms with Gasteiger partial charge in [0.2, 0.25) is 0 Å². The molecule has 1 atom stereocenters. The molecule has 2 fully saturated rings. The SMILES string of the molecule is CN1CCN(C(=O)c2ccc(C3CCCN3C(=O)c3csnn3)nc2)CC1. The van der Waals surface area contributed by atoms with Crippen molar-refractivity contribution in [1.82, 2.24) is 29.3 Å². The number of pyridine rings is 1. The van der Waals surface area contributed by atoms with Crippen LogP contribution in [-0.4, -0.2) is 80.9 Å². The summed E-state index contributed by atoms with van der Waals surface area (Å²) < 4.78 is 3.78. The lowest BCUT2D eigenvalue weighted by Crippen LogP contribution is -2.47. The van der Waals surface area contributed by atoms with E-state index >= 15 is 0 Å². The number of aromatic nitrogens is 3. The topological polar surface area (TPSA) is 82.5 Å². The maximum absolute atomic E-state index is 12.7. The van der Waals surface area contributed by atoms with Crippen LogP contribution in [0.3, 0.4) is 0 Å². The van der Waals surface area contributed by atoms with Crippen molar-refractivity contribution < 1.29 is 9.59 Å². The highest BCUT2D eigenvalue weighted by Crippen LogP contribution is 2.32. The minimum atomic E-state index is -0.106. The second kappa shape index (κ2) is 7.69. The van der Waals surface area contributed by atoms with E-state index in [2.05, 4.69) is 26.5 Å². The van der Waals surface area contributed by atoms with Gasteiger partial charge >= 0.3 is 0 Å². The zero-order chi connectivity index (χ0) is 18.8. The van der Waals surface area contributed by atoms with Crippen molar-refractivity contribution >= 4 is 23.3 Å². The standard InChI is InChI=1S/C18H22N6O2S/c1-22-7-9-23(10-8-22)17(25)13-4-5-14(19-11-13)16-3-2-6-24(16)18(26)15-12-27-21-20-15/h4-5,11-12,16H,2-3,6-10H2,1H3. The van der Waals surface area contributed by atoms with Crippen LogP contribution in [0.5, 0.6) is 0 Å². The van der Waals surface area contributed by atoms with Crippen molar-refractivity contribution in [2.24, 2.45) is 0 Å². The van der Waals surface area contributed by atoms with Gasteiger partial charge in [-0.25, -0.2) is 0 Å². The molecule has 2 aliphatic rings. The first-order valence-corrected chi connectivity index (χ1v) is 9.99. The zero-order valence-corrected chi connectivity index (χ0v) is 16.1. The molecule has 2 aliphatic heterocycles. The Hall–Kier alpha value is -2.39. The van der Waals surface area contributed by atoms with Gasteiger partial charge in [0.25, 0.3) is 11.8 Å². The Bertz CT molecular complexity index is 802. The van der Waals surface area contributed by atoms with Crippen LogP contribution in [0, 0.1) is 0 Å². The molecule has 9 heteroatoms. The molecule has 2 aromatic rings. The number of carbonyl (C=O) groups is 2. The summed E-state index contributed by atoms with van der Waals surface area (Å²) in [5, 5.41) is 5.56. The van der Waals surface area contributed by atoms with Crippen molar-refractivity contribution in [3.8, 4) is 0 Å². The van der Waals surface area contributed by atoms with Gasteiger partial charge in [-0.1, -0.05) is 4.49 Å². The normalized spacial score (nSPS) is 20.9. The quantitative estimate of drug-likeness (QED) is 0.791. The third kappa shape index (κ3) is 3.70.